The van der Waals surface area contributed by atoms with Gasteiger partial charge < -0.3 is 10.2 Å². The van der Waals surface area contributed by atoms with Crippen LogP contribution in [0.1, 0.15) is 45.7 Å². The molecule has 1 fully saturated rings. The Hall–Kier alpha value is -1.07. The summed E-state index contributed by atoms with van der Waals surface area (Å²) in [6, 6.07) is 0. The number of hydrogen-bond acceptors (Lipinski definition) is 4. The minimum absolute atomic E-state index is 0.115. The Morgan fingerprint density at radius 1 is 1.43 bits per heavy atom. The first kappa shape index (κ1) is 14.9. The van der Waals surface area contributed by atoms with E-state index in [-0.39, 0.29) is 5.54 Å². The molecule has 0 spiro atoms. The van der Waals surface area contributed by atoms with Crippen LogP contribution in [-0.4, -0.2) is 28.5 Å². The lowest BCUT2D eigenvalue weighted by molar-refractivity contribution is 0.320. The zero-order valence-corrected chi connectivity index (χ0v) is 14.3. The first-order chi connectivity index (χ1) is 9.94. The van der Waals surface area contributed by atoms with E-state index < -0.39 is 0 Å². The highest BCUT2D eigenvalue weighted by Gasteiger charge is 2.23. The fourth-order valence-electron chi connectivity index (χ4n) is 2.79. The Kier molecular flexibility index (Phi) is 3.97. The number of rotatable bonds is 5. The molecule has 1 N–H and O–H groups in total. The lowest BCUT2D eigenvalue weighted by Crippen LogP contribution is -2.36. The van der Waals surface area contributed by atoms with Crippen LogP contribution in [0.4, 0.5) is 5.82 Å². The van der Waals surface area contributed by atoms with E-state index in [4.69, 9.17) is 4.98 Å². The number of nitrogens with zero attached hydrogens (tertiary/aromatic N) is 3. The Bertz CT molecular complexity index is 603. The lowest BCUT2D eigenvalue weighted by Gasteiger charge is -2.31. The third kappa shape index (κ3) is 3.24. The minimum Gasteiger partial charge on any atom is -0.358 e. The van der Waals surface area contributed by atoms with Crippen LogP contribution in [0.15, 0.2) is 11.6 Å². The average molecular weight is 306 g/mol. The van der Waals surface area contributed by atoms with Crippen LogP contribution in [0, 0.1) is 5.92 Å². The van der Waals surface area contributed by atoms with Crippen molar-refractivity contribution in [2.24, 2.45) is 5.92 Å². The number of anilines is 1. The fraction of sp³-hybridized carbons (Fsp3) is 0.688. The van der Waals surface area contributed by atoms with E-state index in [9.17, 15) is 0 Å². The van der Waals surface area contributed by atoms with Gasteiger partial charge in [-0.2, -0.15) is 0 Å². The van der Waals surface area contributed by atoms with Gasteiger partial charge in [-0.25, -0.2) is 4.98 Å². The van der Waals surface area contributed by atoms with E-state index >= 15 is 0 Å². The van der Waals surface area contributed by atoms with Gasteiger partial charge in [-0.15, -0.1) is 11.3 Å². The van der Waals surface area contributed by atoms with Gasteiger partial charge in [-0.3, -0.25) is 4.40 Å². The molecule has 21 heavy (non-hydrogen) atoms. The summed E-state index contributed by atoms with van der Waals surface area (Å²) >= 11 is 1.71. The number of imidazole rings is 1. The number of aromatic nitrogens is 2. The van der Waals surface area contributed by atoms with Crippen molar-refractivity contribution in [1.82, 2.24) is 14.7 Å². The largest absolute Gasteiger partial charge is 0.358 e. The van der Waals surface area contributed by atoms with Crippen molar-refractivity contribution in [3.05, 3.63) is 17.3 Å². The smallest absolute Gasteiger partial charge is 0.195 e. The maximum absolute atomic E-state index is 4.85. The maximum Gasteiger partial charge on any atom is 0.195 e. The van der Waals surface area contributed by atoms with Gasteiger partial charge >= 0.3 is 0 Å². The predicted molar refractivity (Wildman–Crippen MR) is 90.3 cm³/mol. The molecule has 1 aliphatic carbocycles. The second kappa shape index (κ2) is 5.61. The van der Waals surface area contributed by atoms with Crippen molar-refractivity contribution < 1.29 is 0 Å². The lowest BCUT2D eigenvalue weighted by atomic mass is 9.85. The highest BCUT2D eigenvalue weighted by Crippen LogP contribution is 2.30. The molecule has 0 bridgehead atoms. The van der Waals surface area contributed by atoms with Crippen molar-refractivity contribution in [3.63, 3.8) is 0 Å². The van der Waals surface area contributed by atoms with E-state index in [1.165, 1.54) is 25.0 Å². The van der Waals surface area contributed by atoms with E-state index in [1.807, 2.05) is 0 Å². The third-order valence-electron chi connectivity index (χ3n) is 4.24. The van der Waals surface area contributed by atoms with Gasteiger partial charge in [-0.1, -0.05) is 6.42 Å². The molecule has 2 aromatic rings. The van der Waals surface area contributed by atoms with Crippen LogP contribution in [0.5, 0.6) is 0 Å². The molecule has 3 rings (SSSR count). The number of thiazole rings is 1. The topological polar surface area (TPSA) is 32.6 Å². The van der Waals surface area contributed by atoms with Crippen molar-refractivity contribution in [2.75, 3.05) is 18.5 Å². The van der Waals surface area contributed by atoms with Crippen LogP contribution in [0.2, 0.25) is 0 Å². The number of nitrogens with one attached hydrogen (secondary N) is 1. The molecule has 0 atom stereocenters. The van der Waals surface area contributed by atoms with E-state index in [0.717, 1.165) is 29.8 Å². The van der Waals surface area contributed by atoms with Crippen LogP contribution in [-0.2, 0) is 6.54 Å². The molecule has 0 amide bonds. The molecule has 1 saturated carbocycles. The molecule has 4 nitrogen and oxygen atoms in total. The van der Waals surface area contributed by atoms with Crippen LogP contribution >= 0.6 is 11.3 Å². The zero-order valence-electron chi connectivity index (χ0n) is 13.5. The summed E-state index contributed by atoms with van der Waals surface area (Å²) in [5, 5.41) is 5.71. The second-order valence-corrected chi connectivity index (χ2v) is 8.09. The highest BCUT2D eigenvalue weighted by atomic mass is 32.1. The Labute approximate surface area is 131 Å². The monoisotopic (exact) mass is 306 g/mol. The molecule has 0 aromatic carbocycles. The summed E-state index contributed by atoms with van der Waals surface area (Å²) in [6.07, 6.45) is 6.28. The Morgan fingerprint density at radius 2 is 2.19 bits per heavy atom. The quantitative estimate of drug-likeness (QED) is 0.917. The zero-order chi connectivity index (χ0) is 15.0. The van der Waals surface area contributed by atoms with Gasteiger partial charge in [0.25, 0.3) is 0 Å². The van der Waals surface area contributed by atoms with Gasteiger partial charge in [0.1, 0.15) is 0 Å². The third-order valence-corrected chi connectivity index (χ3v) is 5.00. The fourth-order valence-corrected chi connectivity index (χ4v) is 3.52. The van der Waals surface area contributed by atoms with Gasteiger partial charge in [0, 0.05) is 37.3 Å². The normalized spacial score (nSPS) is 16.4. The standard InChI is InChI=1S/C16H26N4S/c1-16(2,3)17-10-13-14(18-15-20(13)8-9-21-15)19(4)11-12-6-5-7-12/h8-9,12,17H,5-7,10-11H2,1-4H3. The molecule has 0 saturated heterocycles. The van der Waals surface area contributed by atoms with Crippen molar-refractivity contribution >= 4 is 22.1 Å². The first-order valence-electron chi connectivity index (χ1n) is 7.84. The minimum atomic E-state index is 0.115. The molecular weight excluding hydrogens is 280 g/mol. The van der Waals surface area contributed by atoms with Gasteiger partial charge in [0.2, 0.25) is 0 Å². The predicted octanol–water partition coefficient (Wildman–Crippen LogP) is 3.52. The molecule has 2 heterocycles. The molecule has 1 aliphatic rings. The molecular formula is C16H26N4S. The summed E-state index contributed by atoms with van der Waals surface area (Å²) in [7, 11) is 2.19. The summed E-state index contributed by atoms with van der Waals surface area (Å²) in [6.45, 7) is 8.60. The van der Waals surface area contributed by atoms with E-state index in [0.29, 0.717) is 0 Å². The summed E-state index contributed by atoms with van der Waals surface area (Å²) in [5.41, 5.74) is 1.40. The number of fused-ring (bicyclic) bond motifs is 1. The number of hydrogen-bond donors (Lipinski definition) is 1. The summed E-state index contributed by atoms with van der Waals surface area (Å²) in [5.74, 6) is 2.00. The van der Waals surface area contributed by atoms with Crippen LogP contribution < -0.4 is 10.2 Å². The Balaban J connectivity index is 1.83. The summed E-state index contributed by atoms with van der Waals surface area (Å²) in [4.78, 5) is 8.30. The maximum atomic E-state index is 4.85. The molecule has 0 aliphatic heterocycles. The molecule has 0 radical (unpaired) electrons. The molecule has 5 heteroatoms. The van der Waals surface area contributed by atoms with E-state index in [2.05, 4.69) is 54.0 Å². The van der Waals surface area contributed by atoms with Crippen LogP contribution in [0.3, 0.4) is 0 Å². The van der Waals surface area contributed by atoms with Gasteiger partial charge in [0.05, 0.1) is 5.69 Å². The summed E-state index contributed by atoms with van der Waals surface area (Å²) < 4.78 is 2.23. The highest BCUT2D eigenvalue weighted by molar-refractivity contribution is 7.15. The van der Waals surface area contributed by atoms with Crippen molar-refractivity contribution in [2.45, 2.75) is 52.1 Å². The molecule has 0 unspecified atom stereocenters. The van der Waals surface area contributed by atoms with E-state index in [1.54, 1.807) is 11.3 Å². The van der Waals surface area contributed by atoms with Crippen LogP contribution in [0.25, 0.3) is 4.96 Å². The molecule has 2 aromatic heterocycles. The average Bonchev–Trinajstić information content (AvgIpc) is 2.90. The van der Waals surface area contributed by atoms with Crippen molar-refractivity contribution in [1.29, 1.82) is 0 Å². The van der Waals surface area contributed by atoms with Gasteiger partial charge in [-0.05, 0) is 39.5 Å². The first-order valence-corrected chi connectivity index (χ1v) is 8.72. The van der Waals surface area contributed by atoms with Gasteiger partial charge in [0.15, 0.2) is 10.8 Å². The molecule has 116 valence electrons. The second-order valence-electron chi connectivity index (χ2n) is 7.22. The SMILES string of the molecule is CN(CC1CCC1)c1nc2sccn2c1CNC(C)(C)C. The Morgan fingerprint density at radius 3 is 2.81 bits per heavy atom. The van der Waals surface area contributed by atoms with Crippen molar-refractivity contribution in [3.8, 4) is 0 Å².